The van der Waals surface area contributed by atoms with Crippen LogP contribution in [-0.4, -0.2) is 24.8 Å². The molecule has 0 aromatic carbocycles. The lowest BCUT2D eigenvalue weighted by Gasteiger charge is -2.20. The summed E-state index contributed by atoms with van der Waals surface area (Å²) >= 11 is 0. The molecule has 0 aliphatic heterocycles. The fourth-order valence-corrected chi connectivity index (χ4v) is 2.48. The molecule has 0 spiro atoms. The highest BCUT2D eigenvalue weighted by molar-refractivity contribution is 5.95. The van der Waals surface area contributed by atoms with Crippen LogP contribution in [0.25, 0.3) is 0 Å². The molecule has 2 rings (SSSR count). The van der Waals surface area contributed by atoms with Gasteiger partial charge in [-0.1, -0.05) is 6.42 Å². The van der Waals surface area contributed by atoms with Gasteiger partial charge in [-0.05, 0) is 12.8 Å². The average molecular weight is 165 g/mol. The lowest BCUT2D eigenvalue weighted by Crippen LogP contribution is -2.18. The molecular formula is C10H15NO. The first-order valence-corrected chi connectivity index (χ1v) is 4.63. The van der Waals surface area contributed by atoms with Gasteiger partial charge in [0.2, 0.25) is 0 Å². The van der Waals surface area contributed by atoms with Crippen molar-refractivity contribution in [2.24, 2.45) is 11.8 Å². The number of nitrogens with zero attached hydrogens (tertiary/aromatic N) is 1. The maximum atomic E-state index is 11.5. The summed E-state index contributed by atoms with van der Waals surface area (Å²) in [5.41, 5.74) is 1.25. The van der Waals surface area contributed by atoms with E-state index in [1.807, 2.05) is 20.2 Å². The van der Waals surface area contributed by atoms with Gasteiger partial charge in [-0.2, -0.15) is 0 Å². The number of fused-ring (bicyclic) bond motifs is 1. The lowest BCUT2D eigenvalue weighted by atomic mass is 9.97. The normalized spacial score (nSPS) is 33.5. The summed E-state index contributed by atoms with van der Waals surface area (Å²) in [4.78, 5) is 13.6. The van der Waals surface area contributed by atoms with Crippen LogP contribution in [0.1, 0.15) is 19.3 Å². The first-order valence-electron chi connectivity index (χ1n) is 4.63. The van der Waals surface area contributed by atoms with Crippen LogP contribution >= 0.6 is 0 Å². The van der Waals surface area contributed by atoms with Crippen molar-refractivity contribution in [3.05, 3.63) is 11.8 Å². The van der Waals surface area contributed by atoms with E-state index in [-0.39, 0.29) is 0 Å². The number of rotatable bonds is 1. The predicted octanol–water partition coefficient (Wildman–Crippen LogP) is 1.43. The first-order chi connectivity index (χ1) is 5.70. The Morgan fingerprint density at radius 1 is 1.33 bits per heavy atom. The van der Waals surface area contributed by atoms with Crippen molar-refractivity contribution in [3.8, 4) is 0 Å². The Hall–Kier alpha value is -0.790. The minimum Gasteiger partial charge on any atom is -0.381 e. The second-order valence-corrected chi connectivity index (χ2v) is 4.01. The number of hydrogen-bond donors (Lipinski definition) is 0. The van der Waals surface area contributed by atoms with Crippen molar-refractivity contribution < 1.29 is 4.79 Å². The molecular weight excluding hydrogens is 150 g/mol. The van der Waals surface area contributed by atoms with E-state index in [1.165, 1.54) is 18.5 Å². The van der Waals surface area contributed by atoms with Crippen molar-refractivity contribution in [3.63, 3.8) is 0 Å². The van der Waals surface area contributed by atoms with E-state index in [0.29, 0.717) is 17.6 Å². The lowest BCUT2D eigenvalue weighted by molar-refractivity contribution is -0.117. The molecule has 2 aliphatic carbocycles. The summed E-state index contributed by atoms with van der Waals surface area (Å²) in [6.45, 7) is 0. The quantitative estimate of drug-likeness (QED) is 0.586. The number of carbonyl (C=O) groups excluding carboxylic acids is 1. The van der Waals surface area contributed by atoms with Gasteiger partial charge in [0.15, 0.2) is 5.78 Å². The standard InChI is InChI=1S/C10H15NO/c1-11(2)9-6-10(12)8-5-3-4-7(8)9/h6-8H,3-5H2,1-2H3/t7-,8+/m0/s1. The highest BCUT2D eigenvalue weighted by Crippen LogP contribution is 2.42. The molecule has 1 fully saturated rings. The van der Waals surface area contributed by atoms with Gasteiger partial charge in [0.05, 0.1) is 0 Å². The molecule has 2 nitrogen and oxygen atoms in total. The third-order valence-electron chi connectivity index (χ3n) is 3.07. The second-order valence-electron chi connectivity index (χ2n) is 4.01. The zero-order valence-corrected chi connectivity index (χ0v) is 7.71. The van der Waals surface area contributed by atoms with E-state index < -0.39 is 0 Å². The third-order valence-corrected chi connectivity index (χ3v) is 3.07. The number of allylic oxidation sites excluding steroid dienone is 2. The highest BCUT2D eigenvalue weighted by atomic mass is 16.1. The van der Waals surface area contributed by atoms with E-state index >= 15 is 0 Å². The van der Waals surface area contributed by atoms with Crippen LogP contribution in [0, 0.1) is 11.8 Å². The molecule has 0 radical (unpaired) electrons. The molecule has 0 aromatic heterocycles. The van der Waals surface area contributed by atoms with Gasteiger partial charge in [-0.15, -0.1) is 0 Å². The van der Waals surface area contributed by atoms with Crippen LogP contribution in [0.2, 0.25) is 0 Å². The highest BCUT2D eigenvalue weighted by Gasteiger charge is 2.39. The zero-order chi connectivity index (χ0) is 8.72. The molecule has 0 N–H and O–H groups in total. The topological polar surface area (TPSA) is 20.3 Å². The van der Waals surface area contributed by atoms with Crippen LogP contribution in [0.5, 0.6) is 0 Å². The van der Waals surface area contributed by atoms with Crippen LogP contribution in [0.15, 0.2) is 11.8 Å². The monoisotopic (exact) mass is 165 g/mol. The van der Waals surface area contributed by atoms with E-state index in [2.05, 4.69) is 4.90 Å². The van der Waals surface area contributed by atoms with E-state index in [9.17, 15) is 4.79 Å². The number of hydrogen-bond acceptors (Lipinski definition) is 2. The van der Waals surface area contributed by atoms with Gasteiger partial charge in [0.25, 0.3) is 0 Å². The molecule has 12 heavy (non-hydrogen) atoms. The third kappa shape index (κ3) is 0.977. The second kappa shape index (κ2) is 2.61. The number of ketones is 1. The zero-order valence-electron chi connectivity index (χ0n) is 7.71. The van der Waals surface area contributed by atoms with E-state index in [1.54, 1.807) is 0 Å². The Balaban J connectivity index is 2.25. The molecule has 2 atom stereocenters. The smallest absolute Gasteiger partial charge is 0.161 e. The predicted molar refractivity (Wildman–Crippen MR) is 47.6 cm³/mol. The minimum atomic E-state index is 0.336. The maximum absolute atomic E-state index is 11.5. The minimum absolute atomic E-state index is 0.336. The first kappa shape index (κ1) is 7.84. The fraction of sp³-hybridized carbons (Fsp3) is 0.700. The summed E-state index contributed by atoms with van der Waals surface area (Å²) in [5.74, 6) is 1.25. The molecule has 66 valence electrons. The van der Waals surface area contributed by atoms with Gasteiger partial charge in [0.1, 0.15) is 0 Å². The Kier molecular flexibility index (Phi) is 1.71. The Bertz CT molecular complexity index is 242. The molecule has 1 saturated carbocycles. The van der Waals surface area contributed by atoms with E-state index in [0.717, 1.165) is 6.42 Å². The average Bonchev–Trinajstić information content (AvgIpc) is 2.53. The van der Waals surface area contributed by atoms with Gasteiger partial charge in [-0.3, -0.25) is 4.79 Å². The van der Waals surface area contributed by atoms with Crippen LogP contribution in [0.3, 0.4) is 0 Å². The summed E-state index contributed by atoms with van der Waals surface area (Å²) < 4.78 is 0. The van der Waals surface area contributed by atoms with Gasteiger partial charge >= 0.3 is 0 Å². The van der Waals surface area contributed by atoms with Crippen molar-refractivity contribution >= 4 is 5.78 Å². The van der Waals surface area contributed by atoms with E-state index in [4.69, 9.17) is 0 Å². The van der Waals surface area contributed by atoms with Crippen molar-refractivity contribution in [2.45, 2.75) is 19.3 Å². The summed E-state index contributed by atoms with van der Waals surface area (Å²) in [5, 5.41) is 0. The Morgan fingerprint density at radius 3 is 2.67 bits per heavy atom. The maximum Gasteiger partial charge on any atom is 0.161 e. The van der Waals surface area contributed by atoms with Crippen molar-refractivity contribution in [1.82, 2.24) is 4.90 Å². The van der Waals surface area contributed by atoms with Crippen LogP contribution < -0.4 is 0 Å². The van der Waals surface area contributed by atoms with Crippen molar-refractivity contribution in [1.29, 1.82) is 0 Å². The Labute approximate surface area is 73.2 Å². The SMILES string of the molecule is CN(C)C1=CC(=O)[C@@H]2CCC[C@H]12. The summed E-state index contributed by atoms with van der Waals surface area (Å²) in [6.07, 6.45) is 5.39. The largest absolute Gasteiger partial charge is 0.381 e. The fourth-order valence-electron chi connectivity index (χ4n) is 2.48. The van der Waals surface area contributed by atoms with Crippen LogP contribution in [-0.2, 0) is 4.79 Å². The molecule has 0 unspecified atom stereocenters. The van der Waals surface area contributed by atoms with Gasteiger partial charge < -0.3 is 4.90 Å². The molecule has 0 heterocycles. The van der Waals surface area contributed by atoms with Crippen LogP contribution in [0.4, 0.5) is 0 Å². The Morgan fingerprint density at radius 2 is 2.00 bits per heavy atom. The van der Waals surface area contributed by atoms with Crippen molar-refractivity contribution in [2.75, 3.05) is 14.1 Å². The van der Waals surface area contributed by atoms with Gasteiger partial charge in [0, 0.05) is 37.7 Å². The molecule has 2 heteroatoms. The molecule has 0 amide bonds. The number of carbonyl (C=O) groups is 1. The molecule has 0 aromatic rings. The summed E-state index contributed by atoms with van der Waals surface area (Å²) in [7, 11) is 4.06. The molecule has 0 bridgehead atoms. The van der Waals surface area contributed by atoms with Gasteiger partial charge in [-0.25, -0.2) is 0 Å². The molecule has 2 aliphatic rings. The molecule has 0 saturated heterocycles. The summed E-state index contributed by atoms with van der Waals surface area (Å²) in [6, 6.07) is 0.